The van der Waals surface area contributed by atoms with Gasteiger partial charge in [0, 0.05) is 55.6 Å². The zero-order valence-electron chi connectivity index (χ0n) is 16.4. The number of hydrogen-bond donors (Lipinski definition) is 0. The normalized spacial score (nSPS) is 23.4. The first-order chi connectivity index (χ1) is 13.8. The number of likely N-dealkylation sites (tertiary alicyclic amines) is 1. The molecule has 3 aromatic rings. The molecule has 2 aliphatic heterocycles. The lowest BCUT2D eigenvalue weighted by Crippen LogP contribution is -2.52. The van der Waals surface area contributed by atoms with Crippen LogP contribution in [0.25, 0.3) is 10.8 Å². The van der Waals surface area contributed by atoms with Gasteiger partial charge in [-0.1, -0.05) is 30.3 Å². The minimum absolute atomic E-state index is 0.386. The van der Waals surface area contributed by atoms with Gasteiger partial charge in [-0.2, -0.15) is 0 Å². The third-order valence-corrected chi connectivity index (χ3v) is 6.50. The molecule has 1 unspecified atom stereocenters. The molecule has 4 heteroatoms. The molecule has 1 spiro atoms. The van der Waals surface area contributed by atoms with Crippen molar-refractivity contribution in [2.75, 3.05) is 31.1 Å². The average molecular weight is 373 g/mol. The van der Waals surface area contributed by atoms with Crippen LogP contribution in [0.1, 0.15) is 31.2 Å². The van der Waals surface area contributed by atoms with Crippen molar-refractivity contribution < 1.29 is 0 Å². The molecule has 0 bridgehead atoms. The summed E-state index contributed by atoms with van der Waals surface area (Å²) in [4.78, 5) is 14.3. The second kappa shape index (κ2) is 7.51. The monoisotopic (exact) mass is 372 g/mol. The molecule has 4 heterocycles. The Hall–Kier alpha value is -2.46. The predicted molar refractivity (Wildman–Crippen MR) is 114 cm³/mol. The van der Waals surface area contributed by atoms with E-state index in [2.05, 4.69) is 57.2 Å². The van der Waals surface area contributed by atoms with E-state index in [4.69, 9.17) is 4.98 Å². The Morgan fingerprint density at radius 2 is 1.71 bits per heavy atom. The van der Waals surface area contributed by atoms with Gasteiger partial charge in [0.25, 0.3) is 0 Å². The first kappa shape index (κ1) is 17.6. The standard InChI is InChI=1S/C24H28N4/c1-2-6-20(7-3-1)17-27-14-4-10-24(18-27)11-5-15-28(19-24)23-22-16-25-12-8-21(22)9-13-26-23/h1-3,6-9,12-13,16H,4-5,10-11,14-15,17-19H2. The summed E-state index contributed by atoms with van der Waals surface area (Å²) in [5.74, 6) is 1.12. The molecular formula is C24H28N4. The second-order valence-corrected chi connectivity index (χ2v) is 8.56. The summed E-state index contributed by atoms with van der Waals surface area (Å²) in [5, 5.41) is 2.41. The van der Waals surface area contributed by atoms with Gasteiger partial charge in [0.2, 0.25) is 0 Å². The van der Waals surface area contributed by atoms with Crippen molar-refractivity contribution in [3.8, 4) is 0 Å². The number of pyridine rings is 2. The maximum absolute atomic E-state index is 4.77. The van der Waals surface area contributed by atoms with Crippen LogP contribution in [-0.2, 0) is 6.54 Å². The van der Waals surface area contributed by atoms with E-state index in [9.17, 15) is 0 Å². The van der Waals surface area contributed by atoms with Crippen LogP contribution in [0.2, 0.25) is 0 Å². The number of nitrogens with zero attached hydrogens (tertiary/aromatic N) is 4. The van der Waals surface area contributed by atoms with E-state index in [1.807, 2.05) is 18.6 Å². The minimum atomic E-state index is 0.386. The van der Waals surface area contributed by atoms with Crippen molar-refractivity contribution in [2.24, 2.45) is 5.41 Å². The van der Waals surface area contributed by atoms with Crippen LogP contribution in [-0.4, -0.2) is 41.0 Å². The number of anilines is 1. The summed E-state index contributed by atoms with van der Waals surface area (Å²) in [6, 6.07) is 15.1. The highest BCUT2D eigenvalue weighted by Crippen LogP contribution is 2.40. The van der Waals surface area contributed by atoms with Gasteiger partial charge in [0.1, 0.15) is 5.82 Å². The highest BCUT2D eigenvalue weighted by Gasteiger charge is 2.39. The van der Waals surface area contributed by atoms with Crippen LogP contribution in [0.5, 0.6) is 0 Å². The molecule has 144 valence electrons. The number of benzene rings is 1. The summed E-state index contributed by atoms with van der Waals surface area (Å²) >= 11 is 0. The Kier molecular flexibility index (Phi) is 4.73. The maximum atomic E-state index is 4.77. The third kappa shape index (κ3) is 3.49. The van der Waals surface area contributed by atoms with Crippen molar-refractivity contribution in [3.05, 3.63) is 66.6 Å². The topological polar surface area (TPSA) is 32.3 Å². The van der Waals surface area contributed by atoms with E-state index in [0.29, 0.717) is 5.41 Å². The molecule has 2 aliphatic rings. The lowest BCUT2D eigenvalue weighted by molar-refractivity contribution is 0.0683. The van der Waals surface area contributed by atoms with Crippen LogP contribution in [0, 0.1) is 5.41 Å². The number of rotatable bonds is 3. The number of aromatic nitrogens is 2. The predicted octanol–water partition coefficient (Wildman–Crippen LogP) is 4.51. The van der Waals surface area contributed by atoms with Gasteiger partial charge in [-0.15, -0.1) is 0 Å². The van der Waals surface area contributed by atoms with Crippen LogP contribution >= 0.6 is 0 Å². The van der Waals surface area contributed by atoms with Gasteiger partial charge >= 0.3 is 0 Å². The molecule has 0 amide bonds. The summed E-state index contributed by atoms with van der Waals surface area (Å²) in [6.45, 7) is 5.69. The van der Waals surface area contributed by atoms with E-state index < -0.39 is 0 Å². The van der Waals surface area contributed by atoms with Gasteiger partial charge in [-0.05, 0) is 55.3 Å². The van der Waals surface area contributed by atoms with Gasteiger partial charge < -0.3 is 4.90 Å². The molecule has 1 atom stereocenters. The molecule has 0 radical (unpaired) electrons. The quantitative estimate of drug-likeness (QED) is 0.677. The van der Waals surface area contributed by atoms with E-state index in [1.165, 1.54) is 55.1 Å². The SMILES string of the molecule is c1ccc(CN2CCCC3(CCCN(c4nccc5ccncc45)C3)C2)cc1. The van der Waals surface area contributed by atoms with E-state index in [-0.39, 0.29) is 0 Å². The Morgan fingerprint density at radius 3 is 2.61 bits per heavy atom. The van der Waals surface area contributed by atoms with Crippen molar-refractivity contribution in [3.63, 3.8) is 0 Å². The Labute approximate surface area is 167 Å². The Morgan fingerprint density at radius 1 is 0.893 bits per heavy atom. The van der Waals surface area contributed by atoms with Crippen molar-refractivity contribution >= 4 is 16.6 Å². The number of fused-ring (bicyclic) bond motifs is 1. The molecule has 0 aliphatic carbocycles. The number of piperidine rings is 2. The largest absolute Gasteiger partial charge is 0.355 e. The fourth-order valence-corrected chi connectivity index (χ4v) is 5.26. The van der Waals surface area contributed by atoms with Gasteiger partial charge in [-0.25, -0.2) is 4.98 Å². The third-order valence-electron chi connectivity index (χ3n) is 6.50. The molecule has 28 heavy (non-hydrogen) atoms. The average Bonchev–Trinajstić information content (AvgIpc) is 2.74. The molecule has 2 aromatic heterocycles. The van der Waals surface area contributed by atoms with Crippen LogP contribution in [0.3, 0.4) is 0 Å². The van der Waals surface area contributed by atoms with Crippen LogP contribution < -0.4 is 4.90 Å². The lowest BCUT2D eigenvalue weighted by atomic mass is 9.73. The van der Waals surface area contributed by atoms with Crippen LogP contribution in [0.15, 0.2) is 61.1 Å². The lowest BCUT2D eigenvalue weighted by Gasteiger charge is -2.49. The summed E-state index contributed by atoms with van der Waals surface area (Å²) in [6.07, 6.45) is 11.0. The van der Waals surface area contributed by atoms with Crippen LogP contribution in [0.4, 0.5) is 5.82 Å². The van der Waals surface area contributed by atoms with E-state index >= 15 is 0 Å². The maximum Gasteiger partial charge on any atom is 0.137 e. The molecule has 5 rings (SSSR count). The Balaban J connectivity index is 1.37. The smallest absolute Gasteiger partial charge is 0.137 e. The highest BCUT2D eigenvalue weighted by molar-refractivity contribution is 5.91. The van der Waals surface area contributed by atoms with Crippen molar-refractivity contribution in [1.29, 1.82) is 0 Å². The molecule has 2 fully saturated rings. The summed E-state index contributed by atoms with van der Waals surface area (Å²) < 4.78 is 0. The molecule has 4 nitrogen and oxygen atoms in total. The van der Waals surface area contributed by atoms with Crippen molar-refractivity contribution in [2.45, 2.75) is 32.2 Å². The molecule has 1 aromatic carbocycles. The molecule has 2 saturated heterocycles. The zero-order chi connectivity index (χ0) is 18.8. The Bertz CT molecular complexity index is 932. The number of hydrogen-bond acceptors (Lipinski definition) is 4. The molecular weight excluding hydrogens is 344 g/mol. The first-order valence-corrected chi connectivity index (χ1v) is 10.5. The fourth-order valence-electron chi connectivity index (χ4n) is 5.26. The molecule has 0 N–H and O–H groups in total. The summed E-state index contributed by atoms with van der Waals surface area (Å²) in [7, 11) is 0. The zero-order valence-corrected chi connectivity index (χ0v) is 16.4. The molecule has 0 saturated carbocycles. The van der Waals surface area contributed by atoms with Gasteiger partial charge in [0.05, 0.1) is 0 Å². The fraction of sp³-hybridized carbons (Fsp3) is 0.417. The van der Waals surface area contributed by atoms with Crippen molar-refractivity contribution in [1.82, 2.24) is 14.9 Å². The second-order valence-electron chi connectivity index (χ2n) is 8.56. The minimum Gasteiger partial charge on any atom is -0.355 e. The summed E-state index contributed by atoms with van der Waals surface area (Å²) in [5.41, 5.74) is 1.81. The van der Waals surface area contributed by atoms with Gasteiger partial charge in [0.15, 0.2) is 0 Å². The van der Waals surface area contributed by atoms with Gasteiger partial charge in [-0.3, -0.25) is 9.88 Å². The first-order valence-electron chi connectivity index (χ1n) is 10.5. The highest BCUT2D eigenvalue weighted by atomic mass is 15.2. The van der Waals surface area contributed by atoms with E-state index in [0.717, 1.165) is 25.5 Å². The van der Waals surface area contributed by atoms with E-state index in [1.54, 1.807) is 0 Å².